The van der Waals surface area contributed by atoms with Gasteiger partial charge >= 0.3 is 0 Å². The Morgan fingerprint density at radius 3 is 2.80 bits per heavy atom. The number of hydrogen-bond acceptors (Lipinski definition) is 4. The maximum absolute atomic E-state index is 13.9. The lowest BCUT2D eigenvalue weighted by Gasteiger charge is -2.26. The highest BCUT2D eigenvalue weighted by atomic mass is 28.3. The van der Waals surface area contributed by atoms with Crippen LogP contribution in [0.1, 0.15) is 30.6 Å². The van der Waals surface area contributed by atoms with Gasteiger partial charge in [0.2, 0.25) is 5.91 Å². The third-order valence-electron chi connectivity index (χ3n) is 5.70. The Kier molecular flexibility index (Phi) is 6.28. The molecule has 1 N–H and O–H groups in total. The lowest BCUT2D eigenvalue weighted by Crippen LogP contribution is -2.33. The molecule has 1 aromatic rings. The van der Waals surface area contributed by atoms with Gasteiger partial charge in [-0.15, -0.1) is 0 Å². The van der Waals surface area contributed by atoms with Gasteiger partial charge in [-0.05, 0) is 24.6 Å². The maximum Gasteiger partial charge on any atom is 0.258 e. The Balaban J connectivity index is 1.74. The highest BCUT2D eigenvalue weighted by Gasteiger charge is 2.50. The van der Waals surface area contributed by atoms with E-state index in [2.05, 4.69) is 29.9 Å². The van der Waals surface area contributed by atoms with Crippen molar-refractivity contribution in [1.82, 2.24) is 15.2 Å². The fraction of sp³-hybridized carbons (Fsp3) is 0.500. The number of rotatable bonds is 7. The normalized spacial score (nSPS) is 20.5. The van der Waals surface area contributed by atoms with E-state index in [-0.39, 0.29) is 24.1 Å². The van der Waals surface area contributed by atoms with E-state index in [0.717, 1.165) is 17.9 Å². The van der Waals surface area contributed by atoms with E-state index in [1.165, 1.54) is 12.3 Å². The van der Waals surface area contributed by atoms with Crippen molar-refractivity contribution in [2.24, 2.45) is 11.3 Å². The van der Waals surface area contributed by atoms with Crippen molar-refractivity contribution in [1.29, 1.82) is 0 Å². The molecule has 0 spiro atoms. The van der Waals surface area contributed by atoms with Crippen molar-refractivity contribution in [3.63, 3.8) is 0 Å². The van der Waals surface area contributed by atoms with Crippen molar-refractivity contribution in [2.75, 3.05) is 13.3 Å². The van der Waals surface area contributed by atoms with Crippen LogP contribution >= 0.6 is 0 Å². The van der Waals surface area contributed by atoms with Gasteiger partial charge in [0.15, 0.2) is 5.82 Å². The van der Waals surface area contributed by atoms with Crippen molar-refractivity contribution >= 4 is 19.9 Å². The second-order valence-corrected chi connectivity index (χ2v) is 15.3. The van der Waals surface area contributed by atoms with Crippen LogP contribution < -0.4 is 5.32 Å². The molecule has 0 saturated carbocycles. The molecule has 2 aliphatic rings. The van der Waals surface area contributed by atoms with Crippen LogP contribution in [0.2, 0.25) is 25.7 Å². The first kappa shape index (κ1) is 22.4. The molecule has 1 atom stereocenters. The van der Waals surface area contributed by atoms with Gasteiger partial charge in [0.05, 0.1) is 17.2 Å². The fourth-order valence-electron chi connectivity index (χ4n) is 3.74. The van der Waals surface area contributed by atoms with Gasteiger partial charge in [-0.2, -0.15) is 0 Å². The standard InChI is InChI=1S/C22H30FN3O3Si/c1-22(2)17-7-6-15(25-20(27)16-8-9-24-13-18(16)23)12-19(17)26(21(22)28)14-29-10-11-30(3,4)5/h6,8-9,12-13,17H,7,10-11,14H2,1-5H3,(H,25,27). The highest BCUT2D eigenvalue weighted by molar-refractivity contribution is 6.76. The number of allylic oxidation sites excluding steroid dienone is 3. The summed E-state index contributed by atoms with van der Waals surface area (Å²) in [6, 6.07) is 2.37. The minimum atomic E-state index is -1.21. The van der Waals surface area contributed by atoms with Crippen LogP contribution in [0.4, 0.5) is 4.39 Å². The zero-order valence-electron chi connectivity index (χ0n) is 18.3. The predicted molar refractivity (Wildman–Crippen MR) is 116 cm³/mol. The number of fused-ring (bicyclic) bond motifs is 1. The van der Waals surface area contributed by atoms with Crippen molar-refractivity contribution in [2.45, 2.75) is 46.0 Å². The molecule has 1 aliphatic heterocycles. The molecule has 1 unspecified atom stereocenters. The molecule has 162 valence electrons. The van der Waals surface area contributed by atoms with Gasteiger partial charge in [0.1, 0.15) is 6.73 Å². The number of halogens is 1. The first-order chi connectivity index (χ1) is 14.0. The minimum absolute atomic E-state index is 0.0175. The molecule has 6 nitrogen and oxygen atoms in total. The molecular weight excluding hydrogens is 401 g/mol. The first-order valence-corrected chi connectivity index (χ1v) is 13.9. The monoisotopic (exact) mass is 431 g/mol. The number of hydrogen-bond donors (Lipinski definition) is 1. The average Bonchev–Trinajstić information content (AvgIpc) is 2.84. The van der Waals surface area contributed by atoms with Crippen LogP contribution in [-0.4, -0.2) is 43.1 Å². The lowest BCUT2D eigenvalue weighted by atomic mass is 9.76. The molecule has 2 heterocycles. The molecule has 0 radical (unpaired) electrons. The number of pyridine rings is 1. The molecule has 2 amide bonds. The lowest BCUT2D eigenvalue weighted by molar-refractivity contribution is -0.138. The van der Waals surface area contributed by atoms with Crippen LogP contribution in [0, 0.1) is 17.2 Å². The zero-order valence-corrected chi connectivity index (χ0v) is 19.3. The Morgan fingerprint density at radius 1 is 1.40 bits per heavy atom. The topological polar surface area (TPSA) is 71.5 Å². The van der Waals surface area contributed by atoms with E-state index in [1.54, 1.807) is 11.0 Å². The van der Waals surface area contributed by atoms with Crippen molar-refractivity contribution < 1.29 is 18.7 Å². The third kappa shape index (κ3) is 4.70. The first-order valence-electron chi connectivity index (χ1n) is 10.2. The maximum atomic E-state index is 13.9. The van der Waals surface area contributed by atoms with Gasteiger partial charge < -0.3 is 10.1 Å². The number of aromatic nitrogens is 1. The Labute approximate surface area is 178 Å². The molecule has 1 aromatic heterocycles. The zero-order chi connectivity index (χ0) is 22.1. The van der Waals surface area contributed by atoms with E-state index in [1.807, 2.05) is 19.9 Å². The SMILES string of the molecule is CC1(C)C(=O)N(COCC[Si](C)(C)C)C2=CC(NC(=O)c3ccncc3F)=CCC21. The van der Waals surface area contributed by atoms with E-state index in [4.69, 9.17) is 4.74 Å². The fourth-order valence-corrected chi connectivity index (χ4v) is 4.50. The van der Waals surface area contributed by atoms with Crippen molar-refractivity contribution in [3.8, 4) is 0 Å². The summed E-state index contributed by atoms with van der Waals surface area (Å²) in [6.45, 7) is 11.6. The summed E-state index contributed by atoms with van der Waals surface area (Å²) in [5.41, 5.74) is 0.781. The summed E-state index contributed by atoms with van der Waals surface area (Å²) < 4.78 is 19.7. The van der Waals surface area contributed by atoms with Gasteiger partial charge in [0.25, 0.3) is 5.91 Å². The van der Waals surface area contributed by atoms with Crippen LogP contribution in [0.3, 0.4) is 0 Å². The summed E-state index contributed by atoms with van der Waals surface area (Å²) in [4.78, 5) is 30.8. The smallest absolute Gasteiger partial charge is 0.258 e. The van der Waals surface area contributed by atoms with E-state index in [0.29, 0.717) is 18.7 Å². The second-order valence-electron chi connectivity index (χ2n) is 9.63. The number of carbonyl (C=O) groups excluding carboxylic acids is 2. The van der Waals surface area contributed by atoms with Crippen LogP contribution in [0.25, 0.3) is 0 Å². The molecule has 0 aromatic carbocycles. The molecular formula is C22H30FN3O3Si. The van der Waals surface area contributed by atoms with Crippen molar-refractivity contribution in [3.05, 3.63) is 53.4 Å². The number of nitrogens with one attached hydrogen (secondary N) is 1. The molecule has 30 heavy (non-hydrogen) atoms. The Morgan fingerprint density at radius 2 is 2.13 bits per heavy atom. The Hall–Kier alpha value is -2.32. The highest BCUT2D eigenvalue weighted by Crippen LogP contribution is 2.47. The molecule has 0 bridgehead atoms. The quantitative estimate of drug-likeness (QED) is 0.525. The predicted octanol–water partition coefficient (Wildman–Crippen LogP) is 3.92. The van der Waals surface area contributed by atoms with Crippen LogP contribution in [0.15, 0.2) is 42.0 Å². The molecule has 1 aliphatic carbocycles. The average molecular weight is 432 g/mol. The summed E-state index contributed by atoms with van der Waals surface area (Å²) in [5, 5.41) is 2.74. The van der Waals surface area contributed by atoms with Crippen LogP contribution in [0.5, 0.6) is 0 Å². The number of carbonyl (C=O) groups is 2. The molecule has 1 fully saturated rings. The van der Waals surface area contributed by atoms with E-state index < -0.39 is 25.2 Å². The summed E-state index contributed by atoms with van der Waals surface area (Å²) in [6.07, 6.45) is 6.69. The van der Waals surface area contributed by atoms with Crippen LogP contribution in [-0.2, 0) is 9.53 Å². The summed E-state index contributed by atoms with van der Waals surface area (Å²) in [5.74, 6) is -1.18. The molecule has 3 rings (SSSR count). The van der Waals surface area contributed by atoms with E-state index in [9.17, 15) is 14.0 Å². The molecule has 8 heteroatoms. The third-order valence-corrected chi connectivity index (χ3v) is 7.41. The van der Waals surface area contributed by atoms with E-state index >= 15 is 0 Å². The Bertz CT molecular complexity index is 905. The molecule has 1 saturated heterocycles. The number of nitrogens with zero attached hydrogens (tertiary/aromatic N) is 2. The number of amides is 2. The number of likely N-dealkylation sites (tertiary alicyclic amines) is 1. The van der Waals surface area contributed by atoms with Gasteiger partial charge in [-0.3, -0.25) is 19.5 Å². The summed E-state index contributed by atoms with van der Waals surface area (Å²) in [7, 11) is -1.21. The van der Waals surface area contributed by atoms with Gasteiger partial charge in [-0.25, -0.2) is 4.39 Å². The minimum Gasteiger partial charge on any atom is -0.361 e. The van der Waals surface area contributed by atoms with Gasteiger partial charge in [0, 0.05) is 38.2 Å². The number of ether oxygens (including phenoxy) is 1. The summed E-state index contributed by atoms with van der Waals surface area (Å²) >= 11 is 0. The second kappa shape index (κ2) is 8.43. The largest absolute Gasteiger partial charge is 0.361 e. The van der Waals surface area contributed by atoms with Gasteiger partial charge in [-0.1, -0.05) is 39.6 Å².